The van der Waals surface area contributed by atoms with E-state index in [-0.39, 0.29) is 10.8 Å². The van der Waals surface area contributed by atoms with Crippen molar-refractivity contribution in [2.24, 2.45) is 47.3 Å². The van der Waals surface area contributed by atoms with Crippen molar-refractivity contribution in [3.63, 3.8) is 0 Å². The van der Waals surface area contributed by atoms with E-state index in [9.17, 15) is 0 Å². The van der Waals surface area contributed by atoms with Gasteiger partial charge in [-0.25, -0.2) is 39.9 Å². The third-order valence-electron chi connectivity index (χ3n) is 28.8. The number of pyridine rings is 1. The Balaban J connectivity index is 0.000000137. The lowest BCUT2D eigenvalue weighted by atomic mass is 9.43. The number of fused-ring (bicyclic) bond motifs is 7. The van der Waals surface area contributed by atoms with Crippen LogP contribution in [0.15, 0.2) is 346 Å². The number of aromatic nitrogens is 9. The SMILES string of the molecule is c1ccc(-c2ccc3c(c2)-c2ccc(-c4cc(-c5ccncn5)cc(-c5nc(-c6ccccc6)nc(-c6ccccc6)n5)c4)cc2C32C3CC4CC(C3)CC2C4)cc1.c1ccc(-c2ccc3c(c2)-c2ccc(-c4cc(-c5nc(-c6ccccc6)nc(-c6ccccc6)n5)cc(-c5ccnc6ccccc56)c4)cc2C32C3CC4CC(C3)CC2C4)cc1. The molecule has 8 bridgehead atoms. The number of rotatable bonds is 12. The van der Waals surface area contributed by atoms with Crippen LogP contribution in [0.25, 0.3) is 168 Å². The van der Waals surface area contributed by atoms with Crippen molar-refractivity contribution in [2.45, 2.75) is 75.0 Å². The summed E-state index contributed by atoms with van der Waals surface area (Å²) in [4.78, 5) is 44.5. The van der Waals surface area contributed by atoms with E-state index in [1.807, 2.05) is 91.3 Å². The monoisotopic (exact) mass is 1540 g/mol. The average molecular weight is 1540 g/mol. The summed E-state index contributed by atoms with van der Waals surface area (Å²) in [6, 6.07) is 119. The molecule has 120 heavy (non-hydrogen) atoms. The van der Waals surface area contributed by atoms with Crippen molar-refractivity contribution in [3.05, 3.63) is 369 Å². The van der Waals surface area contributed by atoms with Crippen LogP contribution < -0.4 is 0 Å². The topological polar surface area (TPSA) is 116 Å². The van der Waals surface area contributed by atoms with Gasteiger partial charge in [-0.2, -0.15) is 0 Å². The van der Waals surface area contributed by atoms with Crippen molar-refractivity contribution >= 4 is 10.9 Å². The maximum Gasteiger partial charge on any atom is 0.164 e. The Labute approximate surface area is 699 Å². The first kappa shape index (κ1) is 70.6. The van der Waals surface area contributed by atoms with Gasteiger partial charge in [-0.05, 0) is 291 Å². The highest BCUT2D eigenvalue weighted by molar-refractivity contribution is 5.97. The van der Waals surface area contributed by atoms with Crippen LogP contribution in [0, 0.1) is 47.3 Å². The molecule has 27 rings (SSSR count). The van der Waals surface area contributed by atoms with Crippen LogP contribution in [-0.2, 0) is 10.8 Å². The van der Waals surface area contributed by atoms with E-state index in [4.69, 9.17) is 39.9 Å². The fourth-order valence-corrected chi connectivity index (χ4v) is 24.2. The minimum atomic E-state index is 0.0361. The Morgan fingerprint density at radius 1 is 0.208 bits per heavy atom. The molecular formula is C111H85N9. The molecule has 0 atom stereocenters. The van der Waals surface area contributed by atoms with Crippen LogP contribution in [0.3, 0.4) is 0 Å². The van der Waals surface area contributed by atoms with Gasteiger partial charge in [0, 0.05) is 67.6 Å². The average Bonchev–Trinajstić information content (AvgIpc) is 1.50. The molecule has 9 nitrogen and oxygen atoms in total. The van der Waals surface area contributed by atoms with E-state index in [1.165, 1.54) is 125 Å². The summed E-state index contributed by atoms with van der Waals surface area (Å²) in [5.41, 5.74) is 32.6. The van der Waals surface area contributed by atoms with Gasteiger partial charge in [0.05, 0.1) is 11.2 Å². The largest absolute Gasteiger partial charge is 0.256 e. The quantitative estimate of drug-likeness (QED) is 0.118. The van der Waals surface area contributed by atoms with E-state index in [0.29, 0.717) is 58.6 Å². The van der Waals surface area contributed by atoms with Crippen molar-refractivity contribution in [1.82, 2.24) is 44.9 Å². The normalized spacial score (nSPS) is 21.9. The van der Waals surface area contributed by atoms with Gasteiger partial charge in [0.15, 0.2) is 34.9 Å². The van der Waals surface area contributed by atoms with Gasteiger partial charge in [0.1, 0.15) is 6.33 Å². The highest BCUT2D eigenvalue weighted by atomic mass is 15.0. The lowest BCUT2D eigenvalue weighted by Gasteiger charge is -2.61. The summed E-state index contributed by atoms with van der Waals surface area (Å²) < 4.78 is 0. The molecule has 13 aromatic carbocycles. The minimum absolute atomic E-state index is 0.0361. The van der Waals surface area contributed by atoms with E-state index in [0.717, 1.165) is 101 Å². The van der Waals surface area contributed by atoms with Crippen LogP contribution in [-0.4, -0.2) is 44.9 Å². The summed E-state index contributed by atoms with van der Waals surface area (Å²) in [5.74, 6) is 10.1. The molecule has 10 aliphatic rings. The Kier molecular flexibility index (Phi) is 16.8. The molecule has 2 spiro atoms. The Bertz CT molecular complexity index is 6680. The first-order valence-electron chi connectivity index (χ1n) is 43.2. The lowest BCUT2D eigenvalue weighted by molar-refractivity contribution is -0.0399. The molecule has 10 aliphatic carbocycles. The van der Waals surface area contributed by atoms with Crippen LogP contribution in [0.5, 0.6) is 0 Å². The maximum absolute atomic E-state index is 5.23. The zero-order valence-corrected chi connectivity index (χ0v) is 66.6. The summed E-state index contributed by atoms with van der Waals surface area (Å²) in [6.07, 6.45) is 19.0. The highest BCUT2D eigenvalue weighted by Gasteiger charge is 2.63. The van der Waals surface area contributed by atoms with Gasteiger partial charge in [-0.1, -0.05) is 249 Å². The zero-order chi connectivity index (χ0) is 79.0. The molecule has 0 saturated heterocycles. The van der Waals surface area contributed by atoms with Crippen LogP contribution in [0.1, 0.15) is 86.5 Å². The second-order valence-electron chi connectivity index (χ2n) is 35.3. The van der Waals surface area contributed by atoms with Crippen LogP contribution in [0.4, 0.5) is 0 Å². The second kappa shape index (κ2) is 28.6. The van der Waals surface area contributed by atoms with E-state index >= 15 is 0 Å². The fourth-order valence-electron chi connectivity index (χ4n) is 24.2. The minimum Gasteiger partial charge on any atom is -0.256 e. The molecule has 4 aromatic heterocycles. The molecule has 0 N–H and O–H groups in total. The Hall–Kier alpha value is -13.6. The molecule has 4 heterocycles. The number of para-hydroxylation sites is 1. The van der Waals surface area contributed by atoms with Gasteiger partial charge in [0.25, 0.3) is 0 Å². The summed E-state index contributed by atoms with van der Waals surface area (Å²) in [7, 11) is 0. The molecule has 0 amide bonds. The first-order valence-corrected chi connectivity index (χ1v) is 43.2. The van der Waals surface area contributed by atoms with E-state index in [1.54, 1.807) is 23.0 Å². The van der Waals surface area contributed by atoms with Crippen LogP contribution >= 0.6 is 0 Å². The molecule has 9 heteroatoms. The number of hydrogen-bond acceptors (Lipinski definition) is 9. The number of benzene rings is 13. The Morgan fingerprint density at radius 3 is 0.958 bits per heavy atom. The smallest absolute Gasteiger partial charge is 0.164 e. The van der Waals surface area contributed by atoms with E-state index in [2.05, 4.69) is 254 Å². The number of nitrogens with zero attached hydrogens (tertiary/aromatic N) is 9. The summed E-state index contributed by atoms with van der Waals surface area (Å²) in [5, 5.41) is 1.12. The molecule has 8 fully saturated rings. The standard InChI is InChI=1S/C58H44N4.C53H41N5/c1-4-12-38(13-5-1)41-21-23-52-51(34-41)49-22-20-42(35-53(49)58(52)46-27-36-26-37(29-46)30-47(58)28-36)43-31-44(48-24-25-59-54-19-11-10-18-50(48)54)33-45(32-43)57-61-55(39-14-6-2-7-15-39)60-56(62-57)40-16-8-3-9-17-40;1-4-10-35(11-5-1)38-17-19-47-46(30-38)45-18-16-39(31-48(45)53(47)43-23-33-22-34(25-43)26-44(53)24-33)40-27-41(49-20-21-54-32-55-49)29-42(28-40)52-57-50(36-12-6-2-7-13-36)56-51(58-52)37-14-8-3-9-15-37/h1-25,31-37,46-47H,26-30H2;1-21,27-34,43-44H,22-26H2. The third kappa shape index (κ3) is 11.8. The number of hydrogen-bond donors (Lipinski definition) is 0. The molecule has 574 valence electrons. The maximum atomic E-state index is 5.23. The van der Waals surface area contributed by atoms with Crippen molar-refractivity contribution in [2.75, 3.05) is 0 Å². The van der Waals surface area contributed by atoms with Gasteiger partial charge in [-0.15, -0.1) is 0 Å². The first-order chi connectivity index (χ1) is 59.3. The Morgan fingerprint density at radius 2 is 0.550 bits per heavy atom. The van der Waals surface area contributed by atoms with Gasteiger partial charge in [-0.3, -0.25) is 4.98 Å². The molecule has 0 unspecified atom stereocenters. The fraction of sp³-hybridized carbons (Fsp3) is 0.180. The van der Waals surface area contributed by atoms with Gasteiger partial charge in [0.2, 0.25) is 0 Å². The zero-order valence-electron chi connectivity index (χ0n) is 66.6. The van der Waals surface area contributed by atoms with Crippen LogP contribution in [0.2, 0.25) is 0 Å². The highest BCUT2D eigenvalue weighted by Crippen LogP contribution is 2.72. The predicted octanol–water partition coefficient (Wildman–Crippen LogP) is 26.5. The second-order valence-corrected chi connectivity index (χ2v) is 35.3. The van der Waals surface area contributed by atoms with Crippen molar-refractivity contribution < 1.29 is 0 Å². The predicted molar refractivity (Wildman–Crippen MR) is 482 cm³/mol. The van der Waals surface area contributed by atoms with Gasteiger partial charge >= 0.3 is 0 Å². The third-order valence-corrected chi connectivity index (χ3v) is 28.8. The van der Waals surface area contributed by atoms with Crippen molar-refractivity contribution in [1.29, 1.82) is 0 Å². The molecule has 0 radical (unpaired) electrons. The molecule has 0 aliphatic heterocycles. The summed E-state index contributed by atoms with van der Waals surface area (Å²) >= 11 is 0. The van der Waals surface area contributed by atoms with E-state index < -0.39 is 0 Å². The van der Waals surface area contributed by atoms with Crippen molar-refractivity contribution in [3.8, 4) is 157 Å². The molecular weight excluding hydrogens is 1460 g/mol. The molecule has 17 aromatic rings. The lowest BCUT2D eigenvalue weighted by Crippen LogP contribution is -2.55. The summed E-state index contributed by atoms with van der Waals surface area (Å²) in [6.45, 7) is 0. The van der Waals surface area contributed by atoms with Gasteiger partial charge < -0.3 is 0 Å². The molecule has 8 saturated carbocycles.